The van der Waals surface area contributed by atoms with E-state index in [1.165, 1.54) is 5.56 Å². The summed E-state index contributed by atoms with van der Waals surface area (Å²) in [5.74, 6) is 2.11. The van der Waals surface area contributed by atoms with E-state index < -0.39 is 0 Å². The van der Waals surface area contributed by atoms with Crippen molar-refractivity contribution in [3.05, 3.63) is 22.7 Å². The van der Waals surface area contributed by atoms with Crippen molar-refractivity contribution in [3.8, 4) is 11.5 Å². The lowest BCUT2D eigenvalue weighted by Crippen LogP contribution is -2.09. The van der Waals surface area contributed by atoms with E-state index >= 15 is 0 Å². The van der Waals surface area contributed by atoms with Crippen LogP contribution in [-0.2, 0) is 0 Å². The summed E-state index contributed by atoms with van der Waals surface area (Å²) in [5, 5.41) is 4.03. The summed E-state index contributed by atoms with van der Waals surface area (Å²) in [6, 6.07) is 4.00. The third-order valence-corrected chi connectivity index (χ3v) is 3.67. The summed E-state index contributed by atoms with van der Waals surface area (Å²) in [7, 11) is 0. The van der Waals surface area contributed by atoms with E-state index in [0.717, 1.165) is 37.4 Å². The van der Waals surface area contributed by atoms with Gasteiger partial charge in [0.2, 0.25) is 0 Å². The van der Waals surface area contributed by atoms with E-state index in [-0.39, 0.29) is 0 Å². The van der Waals surface area contributed by atoms with Crippen LogP contribution in [0.3, 0.4) is 0 Å². The SMILES string of the molecule is Clc1ccc(C2CCNC2)c2c1OCCCO2. The van der Waals surface area contributed by atoms with Crippen LogP contribution in [0.5, 0.6) is 11.5 Å². The molecule has 0 aromatic heterocycles. The summed E-state index contributed by atoms with van der Waals surface area (Å²) in [6.45, 7) is 3.47. The van der Waals surface area contributed by atoms with Crippen molar-refractivity contribution in [2.45, 2.75) is 18.8 Å². The number of halogens is 1. The van der Waals surface area contributed by atoms with E-state index in [1.54, 1.807) is 0 Å². The fraction of sp³-hybridized carbons (Fsp3) is 0.538. The molecule has 1 saturated heterocycles. The Balaban J connectivity index is 2.03. The summed E-state index contributed by atoms with van der Waals surface area (Å²) in [5.41, 5.74) is 1.23. The molecule has 1 N–H and O–H groups in total. The van der Waals surface area contributed by atoms with Gasteiger partial charge in [0.15, 0.2) is 11.5 Å². The van der Waals surface area contributed by atoms with E-state index in [1.807, 2.05) is 6.07 Å². The van der Waals surface area contributed by atoms with Crippen LogP contribution in [0.25, 0.3) is 0 Å². The molecule has 3 nitrogen and oxygen atoms in total. The number of fused-ring (bicyclic) bond motifs is 1. The van der Waals surface area contributed by atoms with Crippen molar-refractivity contribution < 1.29 is 9.47 Å². The molecule has 1 atom stereocenters. The van der Waals surface area contributed by atoms with Gasteiger partial charge in [0.25, 0.3) is 0 Å². The monoisotopic (exact) mass is 253 g/mol. The molecule has 4 heteroatoms. The molecular weight excluding hydrogens is 238 g/mol. The first-order valence-corrected chi connectivity index (χ1v) is 6.53. The molecule has 1 aromatic carbocycles. The third-order valence-electron chi connectivity index (χ3n) is 3.38. The molecule has 0 radical (unpaired) electrons. The third kappa shape index (κ3) is 2.09. The molecule has 1 fully saturated rings. The first-order valence-electron chi connectivity index (χ1n) is 6.15. The van der Waals surface area contributed by atoms with Crippen LogP contribution < -0.4 is 14.8 Å². The van der Waals surface area contributed by atoms with Gasteiger partial charge in [0.05, 0.1) is 18.2 Å². The molecular formula is C13H16ClNO2. The van der Waals surface area contributed by atoms with Crippen LogP contribution >= 0.6 is 11.6 Å². The molecule has 2 aliphatic rings. The molecule has 17 heavy (non-hydrogen) atoms. The van der Waals surface area contributed by atoms with Gasteiger partial charge in [0, 0.05) is 24.4 Å². The largest absolute Gasteiger partial charge is 0.489 e. The van der Waals surface area contributed by atoms with Gasteiger partial charge in [-0.2, -0.15) is 0 Å². The highest BCUT2D eigenvalue weighted by Gasteiger charge is 2.25. The Labute approximate surface area is 106 Å². The fourth-order valence-corrected chi connectivity index (χ4v) is 2.69. The van der Waals surface area contributed by atoms with Crippen LogP contribution in [0.1, 0.15) is 24.3 Å². The fourth-order valence-electron chi connectivity index (χ4n) is 2.49. The lowest BCUT2D eigenvalue weighted by atomic mass is 9.97. The number of rotatable bonds is 1. The van der Waals surface area contributed by atoms with Crippen molar-refractivity contribution in [2.24, 2.45) is 0 Å². The summed E-state index contributed by atoms with van der Waals surface area (Å²) < 4.78 is 11.5. The van der Waals surface area contributed by atoms with Gasteiger partial charge in [-0.25, -0.2) is 0 Å². The van der Waals surface area contributed by atoms with Gasteiger partial charge in [-0.3, -0.25) is 0 Å². The van der Waals surface area contributed by atoms with E-state index in [2.05, 4.69) is 11.4 Å². The van der Waals surface area contributed by atoms with Crippen molar-refractivity contribution in [3.63, 3.8) is 0 Å². The Morgan fingerprint density at radius 3 is 2.76 bits per heavy atom. The zero-order chi connectivity index (χ0) is 11.7. The molecule has 0 bridgehead atoms. The summed E-state index contributed by atoms with van der Waals surface area (Å²) in [6.07, 6.45) is 2.06. The number of hydrogen-bond donors (Lipinski definition) is 1. The predicted octanol–water partition coefficient (Wildman–Crippen LogP) is 2.58. The van der Waals surface area contributed by atoms with Gasteiger partial charge >= 0.3 is 0 Å². The first kappa shape index (κ1) is 11.2. The molecule has 0 saturated carbocycles. The summed E-state index contributed by atoms with van der Waals surface area (Å²) in [4.78, 5) is 0. The topological polar surface area (TPSA) is 30.5 Å². The van der Waals surface area contributed by atoms with E-state index in [9.17, 15) is 0 Å². The summed E-state index contributed by atoms with van der Waals surface area (Å²) >= 11 is 6.17. The highest BCUT2D eigenvalue weighted by molar-refractivity contribution is 6.32. The van der Waals surface area contributed by atoms with Crippen molar-refractivity contribution in [2.75, 3.05) is 26.3 Å². The Morgan fingerprint density at radius 1 is 1.18 bits per heavy atom. The van der Waals surface area contributed by atoms with Gasteiger partial charge < -0.3 is 14.8 Å². The lowest BCUT2D eigenvalue weighted by molar-refractivity contribution is 0.295. The Kier molecular flexibility index (Phi) is 3.12. The highest BCUT2D eigenvalue weighted by atomic mass is 35.5. The second-order valence-electron chi connectivity index (χ2n) is 4.54. The van der Waals surface area contributed by atoms with Gasteiger partial charge in [-0.15, -0.1) is 0 Å². The Morgan fingerprint density at radius 2 is 2.00 bits per heavy atom. The number of ether oxygens (including phenoxy) is 2. The molecule has 2 heterocycles. The number of benzene rings is 1. The van der Waals surface area contributed by atoms with Crippen LogP contribution in [0.4, 0.5) is 0 Å². The zero-order valence-corrected chi connectivity index (χ0v) is 10.4. The highest BCUT2D eigenvalue weighted by Crippen LogP contribution is 2.43. The van der Waals surface area contributed by atoms with Crippen LogP contribution in [-0.4, -0.2) is 26.3 Å². The predicted molar refractivity (Wildman–Crippen MR) is 67.3 cm³/mol. The zero-order valence-electron chi connectivity index (χ0n) is 9.67. The standard InChI is InChI=1S/C13H16ClNO2/c14-11-3-2-10(9-4-5-15-8-9)12-13(11)17-7-1-6-16-12/h2-3,9,15H,1,4-8H2. The number of nitrogens with one attached hydrogen (secondary N) is 1. The minimum atomic E-state index is 0.516. The van der Waals surface area contributed by atoms with Crippen molar-refractivity contribution >= 4 is 11.6 Å². The number of hydrogen-bond acceptors (Lipinski definition) is 3. The van der Waals surface area contributed by atoms with E-state index in [4.69, 9.17) is 21.1 Å². The second-order valence-corrected chi connectivity index (χ2v) is 4.94. The smallest absolute Gasteiger partial charge is 0.180 e. The Hall–Kier alpha value is -0.930. The van der Waals surface area contributed by atoms with Gasteiger partial charge in [-0.1, -0.05) is 17.7 Å². The van der Waals surface area contributed by atoms with Crippen LogP contribution in [0.15, 0.2) is 12.1 Å². The van der Waals surface area contributed by atoms with Crippen LogP contribution in [0, 0.1) is 0 Å². The molecule has 1 aromatic rings. The molecule has 0 amide bonds. The minimum absolute atomic E-state index is 0.516. The van der Waals surface area contributed by atoms with Gasteiger partial charge in [-0.05, 0) is 19.0 Å². The van der Waals surface area contributed by atoms with Crippen molar-refractivity contribution in [1.29, 1.82) is 0 Å². The molecule has 92 valence electrons. The van der Waals surface area contributed by atoms with E-state index in [0.29, 0.717) is 24.2 Å². The minimum Gasteiger partial charge on any atom is -0.489 e. The normalized spacial score (nSPS) is 23.5. The molecule has 0 spiro atoms. The van der Waals surface area contributed by atoms with Crippen molar-refractivity contribution in [1.82, 2.24) is 5.32 Å². The maximum atomic E-state index is 6.17. The van der Waals surface area contributed by atoms with Crippen LogP contribution in [0.2, 0.25) is 5.02 Å². The second kappa shape index (κ2) is 4.75. The average molecular weight is 254 g/mol. The molecule has 2 aliphatic heterocycles. The quantitative estimate of drug-likeness (QED) is 0.835. The average Bonchev–Trinajstić information content (AvgIpc) is 2.74. The Bertz CT molecular complexity index is 416. The molecule has 1 unspecified atom stereocenters. The van der Waals surface area contributed by atoms with Gasteiger partial charge in [0.1, 0.15) is 0 Å². The molecule has 3 rings (SSSR count). The lowest BCUT2D eigenvalue weighted by Gasteiger charge is -2.17. The first-order chi connectivity index (χ1) is 8.36. The molecule has 0 aliphatic carbocycles. The maximum absolute atomic E-state index is 6.17. The maximum Gasteiger partial charge on any atom is 0.180 e.